The molecular weight excluding hydrogens is 398 g/mol. The first kappa shape index (κ1) is 22.2. The number of hydrogen-bond donors (Lipinski definition) is 0. The summed E-state index contributed by atoms with van der Waals surface area (Å²) in [6, 6.07) is 14.7. The van der Waals surface area contributed by atoms with Gasteiger partial charge < -0.3 is 4.52 Å². The van der Waals surface area contributed by atoms with Crippen molar-refractivity contribution in [1.82, 2.24) is 14.4 Å². The van der Waals surface area contributed by atoms with Crippen LogP contribution in [0.15, 0.2) is 57.9 Å². The van der Waals surface area contributed by atoms with Gasteiger partial charge >= 0.3 is 0 Å². The van der Waals surface area contributed by atoms with Crippen LogP contribution < -0.4 is 0 Å². The molecule has 0 unspecified atom stereocenters. The van der Waals surface area contributed by atoms with Gasteiger partial charge in [0.05, 0.1) is 11.4 Å². The fraction of sp³-hybridized carbons (Fsp3) is 0.391. The lowest BCUT2D eigenvalue weighted by atomic mass is 10.0. The summed E-state index contributed by atoms with van der Waals surface area (Å²) >= 11 is 0. The molecule has 30 heavy (non-hydrogen) atoms. The number of nitrogens with zero attached hydrogens (tertiary/aromatic N) is 3. The number of sulfonamides is 1. The van der Waals surface area contributed by atoms with E-state index in [2.05, 4.69) is 24.0 Å². The van der Waals surface area contributed by atoms with E-state index in [-0.39, 0.29) is 23.4 Å². The Balaban J connectivity index is 1.88. The van der Waals surface area contributed by atoms with E-state index in [1.807, 2.05) is 57.2 Å². The largest absolute Gasteiger partial charge is 0.338 e. The molecule has 2 aromatic carbocycles. The highest BCUT2D eigenvalue weighted by Gasteiger charge is 2.30. The minimum atomic E-state index is -3.71. The molecule has 6 nitrogen and oxygen atoms in total. The molecule has 0 aliphatic carbocycles. The number of aromatic nitrogens is 2. The fourth-order valence-electron chi connectivity index (χ4n) is 3.11. The first-order valence-electron chi connectivity index (χ1n) is 10.2. The highest BCUT2D eigenvalue weighted by Crippen LogP contribution is 2.25. The molecule has 160 valence electrons. The Morgan fingerprint density at radius 3 is 2.20 bits per heavy atom. The summed E-state index contributed by atoms with van der Waals surface area (Å²) < 4.78 is 33.6. The van der Waals surface area contributed by atoms with E-state index in [9.17, 15) is 8.42 Å². The minimum absolute atomic E-state index is 0.0299. The standard InChI is InChI=1S/C23H29N3O3S/c1-6-18(5)26(30(27,28)21-13-11-19(12-14-21)16(2)3)15-22-24-23(25-29-22)20-9-7-17(4)8-10-20/h7-14,16,18H,6,15H2,1-5H3/t18-/m0/s1. The van der Waals surface area contributed by atoms with Crippen molar-refractivity contribution in [3.8, 4) is 11.4 Å². The smallest absolute Gasteiger partial charge is 0.243 e. The maximum atomic E-state index is 13.4. The van der Waals surface area contributed by atoms with E-state index in [1.54, 1.807) is 12.1 Å². The Kier molecular flexibility index (Phi) is 6.73. The van der Waals surface area contributed by atoms with Crippen molar-refractivity contribution >= 4 is 10.0 Å². The summed E-state index contributed by atoms with van der Waals surface area (Å²) in [5.41, 5.74) is 3.07. The molecule has 3 rings (SSSR count). The van der Waals surface area contributed by atoms with Crippen LogP contribution in [0.3, 0.4) is 0 Å². The lowest BCUT2D eigenvalue weighted by molar-refractivity contribution is 0.273. The van der Waals surface area contributed by atoms with Crippen LogP contribution in [-0.2, 0) is 16.6 Å². The third-order valence-electron chi connectivity index (χ3n) is 5.30. The lowest BCUT2D eigenvalue weighted by Crippen LogP contribution is -2.37. The van der Waals surface area contributed by atoms with Gasteiger partial charge in [0.1, 0.15) is 0 Å². The Morgan fingerprint density at radius 2 is 1.63 bits per heavy atom. The van der Waals surface area contributed by atoms with Gasteiger partial charge in [-0.2, -0.15) is 9.29 Å². The molecule has 0 fully saturated rings. The average Bonchev–Trinajstić information content (AvgIpc) is 3.20. The van der Waals surface area contributed by atoms with E-state index >= 15 is 0 Å². The second-order valence-electron chi connectivity index (χ2n) is 7.91. The van der Waals surface area contributed by atoms with Gasteiger partial charge in [-0.1, -0.05) is 67.9 Å². The van der Waals surface area contributed by atoms with Crippen LogP contribution in [0.1, 0.15) is 57.1 Å². The van der Waals surface area contributed by atoms with Gasteiger partial charge in [0.2, 0.25) is 21.7 Å². The predicted molar refractivity (Wildman–Crippen MR) is 117 cm³/mol. The monoisotopic (exact) mass is 427 g/mol. The van der Waals surface area contributed by atoms with Gasteiger partial charge in [-0.15, -0.1) is 0 Å². The maximum Gasteiger partial charge on any atom is 0.243 e. The van der Waals surface area contributed by atoms with Crippen LogP contribution in [-0.4, -0.2) is 28.9 Å². The number of hydrogen-bond acceptors (Lipinski definition) is 5. The van der Waals surface area contributed by atoms with Crippen LogP contribution >= 0.6 is 0 Å². The third-order valence-corrected chi connectivity index (χ3v) is 7.28. The van der Waals surface area contributed by atoms with Crippen molar-refractivity contribution in [3.63, 3.8) is 0 Å². The summed E-state index contributed by atoms with van der Waals surface area (Å²) in [5, 5.41) is 4.03. The molecule has 0 radical (unpaired) electrons. The van der Waals surface area contributed by atoms with Crippen LogP contribution in [0.5, 0.6) is 0 Å². The molecule has 7 heteroatoms. The average molecular weight is 428 g/mol. The molecule has 0 saturated heterocycles. The first-order valence-corrected chi connectivity index (χ1v) is 11.7. The van der Waals surface area contributed by atoms with Gasteiger partial charge in [0.25, 0.3) is 0 Å². The van der Waals surface area contributed by atoms with Gasteiger partial charge in [0.15, 0.2) is 0 Å². The Labute approximate surface area is 179 Å². The summed E-state index contributed by atoms with van der Waals surface area (Å²) in [6.07, 6.45) is 0.669. The number of aryl methyl sites for hydroxylation is 1. The summed E-state index contributed by atoms with van der Waals surface area (Å²) in [5.74, 6) is 1.06. The second-order valence-corrected chi connectivity index (χ2v) is 9.80. The quantitative estimate of drug-likeness (QED) is 0.496. The molecule has 1 aromatic heterocycles. The molecule has 0 bridgehead atoms. The van der Waals surface area contributed by atoms with Crippen molar-refractivity contribution < 1.29 is 12.9 Å². The predicted octanol–water partition coefficient (Wildman–Crippen LogP) is 5.16. The van der Waals surface area contributed by atoms with E-state index < -0.39 is 10.0 Å². The van der Waals surface area contributed by atoms with E-state index in [0.717, 1.165) is 16.7 Å². The van der Waals surface area contributed by atoms with Crippen molar-refractivity contribution in [2.24, 2.45) is 0 Å². The molecule has 0 amide bonds. The zero-order valence-electron chi connectivity index (χ0n) is 18.2. The summed E-state index contributed by atoms with van der Waals surface area (Å²) in [4.78, 5) is 4.70. The number of rotatable bonds is 8. The fourth-order valence-corrected chi connectivity index (χ4v) is 4.77. The molecule has 1 heterocycles. The molecular formula is C23H29N3O3S. The Morgan fingerprint density at radius 1 is 1.00 bits per heavy atom. The van der Waals surface area contributed by atoms with Crippen LogP contribution in [0.2, 0.25) is 0 Å². The summed E-state index contributed by atoms with van der Waals surface area (Å²) in [6.45, 7) is 10.0. The Hall–Kier alpha value is -2.51. The van der Waals surface area contributed by atoms with Gasteiger partial charge in [-0.05, 0) is 43.9 Å². The molecule has 0 aliphatic heterocycles. The zero-order chi connectivity index (χ0) is 21.9. The van der Waals surface area contributed by atoms with Crippen molar-refractivity contribution in [1.29, 1.82) is 0 Å². The van der Waals surface area contributed by atoms with E-state index in [4.69, 9.17) is 4.52 Å². The Bertz CT molecular complexity index is 1070. The van der Waals surface area contributed by atoms with Crippen molar-refractivity contribution in [2.45, 2.75) is 64.4 Å². The topological polar surface area (TPSA) is 76.3 Å². The van der Waals surface area contributed by atoms with Crippen molar-refractivity contribution in [2.75, 3.05) is 0 Å². The molecule has 0 N–H and O–H groups in total. The van der Waals surface area contributed by atoms with Crippen LogP contribution in [0, 0.1) is 6.92 Å². The van der Waals surface area contributed by atoms with Gasteiger partial charge in [-0.3, -0.25) is 0 Å². The maximum absolute atomic E-state index is 13.4. The lowest BCUT2D eigenvalue weighted by Gasteiger charge is -2.26. The van der Waals surface area contributed by atoms with E-state index in [1.165, 1.54) is 4.31 Å². The van der Waals surface area contributed by atoms with Gasteiger partial charge in [0, 0.05) is 11.6 Å². The highest BCUT2D eigenvalue weighted by atomic mass is 32.2. The molecule has 0 saturated carbocycles. The second kappa shape index (κ2) is 9.10. The minimum Gasteiger partial charge on any atom is -0.338 e. The third kappa shape index (κ3) is 4.79. The highest BCUT2D eigenvalue weighted by molar-refractivity contribution is 7.89. The summed E-state index contributed by atoms with van der Waals surface area (Å²) in [7, 11) is -3.71. The van der Waals surface area contributed by atoms with Crippen LogP contribution in [0.4, 0.5) is 0 Å². The molecule has 0 spiro atoms. The molecule has 0 aliphatic rings. The van der Waals surface area contributed by atoms with Gasteiger partial charge in [-0.25, -0.2) is 8.42 Å². The molecule has 3 aromatic rings. The number of benzene rings is 2. The first-order chi connectivity index (χ1) is 14.2. The zero-order valence-corrected chi connectivity index (χ0v) is 19.0. The van der Waals surface area contributed by atoms with E-state index in [0.29, 0.717) is 18.2 Å². The normalized spacial score (nSPS) is 13.2. The SMILES string of the molecule is CC[C@H](C)N(Cc1nc(-c2ccc(C)cc2)no1)S(=O)(=O)c1ccc(C(C)C)cc1. The molecule has 1 atom stereocenters. The van der Waals surface area contributed by atoms with Crippen molar-refractivity contribution in [3.05, 3.63) is 65.5 Å². The van der Waals surface area contributed by atoms with Crippen LogP contribution in [0.25, 0.3) is 11.4 Å².